The van der Waals surface area contributed by atoms with E-state index in [4.69, 9.17) is 11.6 Å². The van der Waals surface area contributed by atoms with E-state index in [1.54, 1.807) is 23.5 Å². The van der Waals surface area contributed by atoms with E-state index >= 15 is 0 Å². The average molecular weight is 310 g/mol. The highest BCUT2D eigenvalue weighted by molar-refractivity contribution is 7.15. The van der Waals surface area contributed by atoms with Gasteiger partial charge in [0.1, 0.15) is 5.82 Å². The van der Waals surface area contributed by atoms with Crippen molar-refractivity contribution in [1.29, 1.82) is 0 Å². The molecule has 1 aromatic carbocycles. The molecule has 2 aromatic heterocycles. The molecule has 2 heterocycles. The molecule has 0 spiro atoms. The van der Waals surface area contributed by atoms with Gasteiger partial charge >= 0.3 is 0 Å². The molecule has 6 heteroatoms. The maximum absolute atomic E-state index is 13.1. The van der Waals surface area contributed by atoms with E-state index in [9.17, 15) is 4.39 Å². The Bertz CT molecular complexity index is 720. The second kappa shape index (κ2) is 5.42. The Morgan fingerprint density at radius 2 is 2.10 bits per heavy atom. The number of hydrogen-bond acceptors (Lipinski definition) is 3. The maximum atomic E-state index is 13.1. The summed E-state index contributed by atoms with van der Waals surface area (Å²) in [6.45, 7) is 2.77. The van der Waals surface area contributed by atoms with Crippen LogP contribution in [0.25, 0.3) is 4.96 Å². The molecule has 0 aliphatic carbocycles. The number of aromatic nitrogens is 2. The van der Waals surface area contributed by atoms with Gasteiger partial charge in [-0.2, -0.15) is 0 Å². The topological polar surface area (TPSA) is 20.5 Å². The Labute approximate surface area is 125 Å². The molecule has 0 saturated carbocycles. The molecule has 20 heavy (non-hydrogen) atoms. The molecule has 0 fully saturated rings. The van der Waals surface area contributed by atoms with Crippen LogP contribution in [0.15, 0.2) is 35.8 Å². The van der Waals surface area contributed by atoms with Crippen molar-refractivity contribution in [2.45, 2.75) is 12.8 Å². The van der Waals surface area contributed by atoms with Gasteiger partial charge in [-0.15, -0.1) is 22.9 Å². The molecule has 3 nitrogen and oxygen atoms in total. The second-order valence-electron chi connectivity index (χ2n) is 4.29. The number of fused-ring (bicyclic) bond motifs is 1. The van der Waals surface area contributed by atoms with E-state index in [-0.39, 0.29) is 5.82 Å². The third kappa shape index (κ3) is 2.17. The lowest BCUT2D eigenvalue weighted by atomic mass is 10.2. The fourth-order valence-electron chi connectivity index (χ4n) is 2.24. The molecule has 0 N–H and O–H groups in total. The zero-order chi connectivity index (χ0) is 14.1. The van der Waals surface area contributed by atoms with Crippen LogP contribution >= 0.6 is 22.9 Å². The molecule has 0 unspecified atom stereocenters. The SMILES string of the molecule is CCN(c1ccc(F)cc1)c1nc2sccn2c1CCl. The summed E-state index contributed by atoms with van der Waals surface area (Å²) in [7, 11) is 0. The predicted octanol–water partition coefficient (Wildman–Crippen LogP) is 4.43. The standard InChI is InChI=1S/C14H13ClFN3S/c1-2-18(11-5-3-10(16)4-6-11)13-12(9-15)19-7-8-20-14(19)17-13/h3-8H,2,9H2,1H3. The van der Waals surface area contributed by atoms with E-state index < -0.39 is 0 Å². The summed E-state index contributed by atoms with van der Waals surface area (Å²) in [5.74, 6) is 0.972. The van der Waals surface area contributed by atoms with Crippen molar-refractivity contribution in [1.82, 2.24) is 9.38 Å². The summed E-state index contributed by atoms with van der Waals surface area (Å²) in [6, 6.07) is 6.42. The second-order valence-corrected chi connectivity index (χ2v) is 5.43. The molecule has 0 saturated heterocycles. The molecular weight excluding hydrogens is 297 g/mol. The quantitative estimate of drug-likeness (QED) is 0.664. The zero-order valence-corrected chi connectivity index (χ0v) is 12.5. The van der Waals surface area contributed by atoms with Crippen LogP contribution in [0.2, 0.25) is 0 Å². The highest BCUT2D eigenvalue weighted by Crippen LogP contribution is 2.31. The Morgan fingerprint density at radius 1 is 1.35 bits per heavy atom. The Morgan fingerprint density at radius 3 is 2.75 bits per heavy atom. The number of thiazole rings is 1. The first-order valence-corrected chi connectivity index (χ1v) is 7.69. The van der Waals surface area contributed by atoms with E-state index in [1.807, 2.05) is 27.8 Å². The number of alkyl halides is 1. The van der Waals surface area contributed by atoms with Crippen molar-refractivity contribution < 1.29 is 4.39 Å². The van der Waals surface area contributed by atoms with Crippen LogP contribution < -0.4 is 4.90 Å². The molecule has 3 aromatic rings. The zero-order valence-electron chi connectivity index (χ0n) is 10.9. The third-order valence-electron chi connectivity index (χ3n) is 3.18. The van der Waals surface area contributed by atoms with E-state index in [0.717, 1.165) is 28.7 Å². The lowest BCUT2D eigenvalue weighted by Crippen LogP contribution is -2.18. The van der Waals surface area contributed by atoms with Crippen molar-refractivity contribution in [2.24, 2.45) is 0 Å². The number of nitrogens with zero attached hydrogens (tertiary/aromatic N) is 3. The largest absolute Gasteiger partial charge is 0.325 e. The molecule has 3 rings (SSSR count). The van der Waals surface area contributed by atoms with Crippen LogP contribution in [0.4, 0.5) is 15.9 Å². The predicted molar refractivity (Wildman–Crippen MR) is 81.7 cm³/mol. The van der Waals surface area contributed by atoms with Gasteiger partial charge in [0.05, 0.1) is 11.6 Å². The van der Waals surface area contributed by atoms with Gasteiger partial charge in [0.15, 0.2) is 10.8 Å². The molecule has 0 bridgehead atoms. The van der Waals surface area contributed by atoms with Crippen LogP contribution in [-0.2, 0) is 5.88 Å². The average Bonchev–Trinajstić information content (AvgIpc) is 3.02. The summed E-state index contributed by atoms with van der Waals surface area (Å²) in [6.07, 6.45) is 1.96. The summed E-state index contributed by atoms with van der Waals surface area (Å²) in [5, 5.41) is 1.98. The number of benzene rings is 1. The molecule has 104 valence electrons. The third-order valence-corrected chi connectivity index (χ3v) is 4.19. The molecule has 0 aliphatic rings. The van der Waals surface area contributed by atoms with Crippen LogP contribution in [0.3, 0.4) is 0 Å². The molecule has 0 aliphatic heterocycles. The summed E-state index contributed by atoms with van der Waals surface area (Å²) < 4.78 is 15.1. The number of anilines is 2. The summed E-state index contributed by atoms with van der Waals surface area (Å²) in [5.41, 5.74) is 1.86. The van der Waals surface area contributed by atoms with Crippen LogP contribution in [0, 0.1) is 5.82 Å². The van der Waals surface area contributed by atoms with Crippen LogP contribution in [0.1, 0.15) is 12.6 Å². The van der Waals surface area contributed by atoms with E-state index in [2.05, 4.69) is 4.98 Å². The summed E-state index contributed by atoms with van der Waals surface area (Å²) in [4.78, 5) is 7.59. The first kappa shape index (κ1) is 13.4. The van der Waals surface area contributed by atoms with E-state index in [1.165, 1.54) is 12.1 Å². The Kier molecular flexibility index (Phi) is 3.63. The summed E-state index contributed by atoms with van der Waals surface area (Å²) >= 11 is 7.65. The molecule has 0 atom stereocenters. The van der Waals surface area contributed by atoms with Crippen molar-refractivity contribution in [3.8, 4) is 0 Å². The number of hydrogen-bond donors (Lipinski definition) is 0. The van der Waals surface area contributed by atoms with Crippen molar-refractivity contribution in [3.63, 3.8) is 0 Å². The van der Waals surface area contributed by atoms with Crippen molar-refractivity contribution >= 4 is 39.4 Å². The minimum absolute atomic E-state index is 0.242. The maximum Gasteiger partial charge on any atom is 0.195 e. The number of imidazole rings is 1. The fraction of sp³-hybridized carbons (Fsp3) is 0.214. The minimum atomic E-state index is -0.242. The van der Waals surface area contributed by atoms with Gasteiger partial charge in [0.25, 0.3) is 0 Å². The highest BCUT2D eigenvalue weighted by atomic mass is 35.5. The Balaban J connectivity index is 2.10. The first-order valence-electron chi connectivity index (χ1n) is 6.28. The lowest BCUT2D eigenvalue weighted by molar-refractivity contribution is 0.628. The monoisotopic (exact) mass is 309 g/mol. The Hall–Kier alpha value is -1.59. The smallest absolute Gasteiger partial charge is 0.195 e. The molecule has 0 radical (unpaired) electrons. The van der Waals surface area contributed by atoms with Crippen molar-refractivity contribution in [3.05, 3.63) is 47.4 Å². The van der Waals surface area contributed by atoms with E-state index in [0.29, 0.717) is 5.88 Å². The van der Waals surface area contributed by atoms with Crippen molar-refractivity contribution in [2.75, 3.05) is 11.4 Å². The first-order chi connectivity index (χ1) is 9.74. The van der Waals surface area contributed by atoms with Gasteiger partial charge in [-0.3, -0.25) is 4.40 Å². The van der Waals surface area contributed by atoms with Gasteiger partial charge < -0.3 is 4.90 Å². The number of halogens is 2. The molecular formula is C14H13ClFN3S. The van der Waals surface area contributed by atoms with Crippen LogP contribution in [0.5, 0.6) is 0 Å². The van der Waals surface area contributed by atoms with Gasteiger partial charge in [0.2, 0.25) is 0 Å². The number of rotatable bonds is 4. The van der Waals surface area contributed by atoms with Crippen LogP contribution in [-0.4, -0.2) is 15.9 Å². The van der Waals surface area contributed by atoms with Gasteiger partial charge in [-0.1, -0.05) is 0 Å². The highest BCUT2D eigenvalue weighted by Gasteiger charge is 2.18. The normalized spacial score (nSPS) is 11.2. The lowest BCUT2D eigenvalue weighted by Gasteiger charge is -2.21. The van der Waals surface area contributed by atoms with Gasteiger partial charge in [-0.25, -0.2) is 9.37 Å². The minimum Gasteiger partial charge on any atom is -0.325 e. The fourth-order valence-corrected chi connectivity index (χ4v) is 3.21. The van der Waals surface area contributed by atoms with Gasteiger partial charge in [-0.05, 0) is 31.2 Å². The molecule has 0 amide bonds. The van der Waals surface area contributed by atoms with Gasteiger partial charge in [0, 0.05) is 23.8 Å².